The van der Waals surface area contributed by atoms with Crippen LogP contribution in [-0.2, 0) is 9.59 Å². The Hall–Kier alpha value is -0.710. The van der Waals surface area contributed by atoms with Crippen molar-refractivity contribution in [1.29, 1.82) is 0 Å². The molecular weight excluding hydrogens is 262 g/mol. The van der Waals surface area contributed by atoms with Crippen molar-refractivity contribution in [3.05, 3.63) is 0 Å². The SMILES string of the molecule is CCCCC(CC)CC(=O)NC1(C(=O)O)CCSC1. The smallest absolute Gasteiger partial charge is 0.330 e. The van der Waals surface area contributed by atoms with E-state index in [2.05, 4.69) is 19.2 Å². The van der Waals surface area contributed by atoms with Crippen LogP contribution in [0.3, 0.4) is 0 Å². The average molecular weight is 287 g/mol. The lowest BCUT2D eigenvalue weighted by molar-refractivity contribution is -0.146. The molecule has 110 valence electrons. The van der Waals surface area contributed by atoms with Crippen LogP contribution in [-0.4, -0.2) is 34.0 Å². The molecular formula is C14H25NO3S. The molecule has 1 fully saturated rings. The highest BCUT2D eigenvalue weighted by Gasteiger charge is 2.43. The number of thioether (sulfide) groups is 1. The van der Waals surface area contributed by atoms with E-state index in [9.17, 15) is 14.7 Å². The summed E-state index contributed by atoms with van der Waals surface area (Å²) in [5.74, 6) is 0.666. The van der Waals surface area contributed by atoms with E-state index < -0.39 is 11.5 Å². The first-order chi connectivity index (χ1) is 9.04. The molecule has 0 aromatic carbocycles. The molecule has 1 aliphatic heterocycles. The van der Waals surface area contributed by atoms with Crippen molar-refractivity contribution < 1.29 is 14.7 Å². The molecule has 19 heavy (non-hydrogen) atoms. The highest BCUT2D eigenvalue weighted by molar-refractivity contribution is 7.99. The number of carbonyl (C=O) groups is 2. The van der Waals surface area contributed by atoms with Gasteiger partial charge in [-0.05, 0) is 24.5 Å². The Balaban J connectivity index is 2.50. The van der Waals surface area contributed by atoms with E-state index in [4.69, 9.17) is 0 Å². The van der Waals surface area contributed by atoms with Crippen molar-refractivity contribution in [1.82, 2.24) is 5.32 Å². The van der Waals surface area contributed by atoms with E-state index in [1.165, 1.54) is 0 Å². The number of unbranched alkanes of at least 4 members (excludes halogenated alkanes) is 1. The van der Waals surface area contributed by atoms with Gasteiger partial charge in [0.2, 0.25) is 5.91 Å². The monoisotopic (exact) mass is 287 g/mol. The predicted molar refractivity (Wildman–Crippen MR) is 78.4 cm³/mol. The Labute approximate surface area is 119 Å². The number of carbonyl (C=O) groups excluding carboxylic acids is 1. The molecule has 0 aliphatic carbocycles. The molecule has 0 bridgehead atoms. The number of carboxylic acids is 1. The van der Waals surface area contributed by atoms with Crippen LogP contribution in [0.5, 0.6) is 0 Å². The molecule has 0 spiro atoms. The van der Waals surface area contributed by atoms with Gasteiger partial charge >= 0.3 is 5.97 Å². The lowest BCUT2D eigenvalue weighted by atomic mass is 9.93. The van der Waals surface area contributed by atoms with Crippen LogP contribution in [0.25, 0.3) is 0 Å². The van der Waals surface area contributed by atoms with Crippen molar-refractivity contribution in [2.45, 2.75) is 57.9 Å². The van der Waals surface area contributed by atoms with Gasteiger partial charge in [0.05, 0.1) is 0 Å². The summed E-state index contributed by atoms with van der Waals surface area (Å²) in [5, 5.41) is 12.1. The van der Waals surface area contributed by atoms with Crippen molar-refractivity contribution in [2.75, 3.05) is 11.5 Å². The van der Waals surface area contributed by atoms with Crippen LogP contribution in [0.2, 0.25) is 0 Å². The number of rotatable bonds is 8. The number of amides is 1. The summed E-state index contributed by atoms with van der Waals surface area (Å²) in [6.45, 7) is 4.23. The van der Waals surface area contributed by atoms with E-state index in [0.29, 0.717) is 24.5 Å². The summed E-state index contributed by atoms with van der Waals surface area (Å²) in [7, 11) is 0. The molecule has 2 atom stereocenters. The van der Waals surface area contributed by atoms with E-state index in [1.807, 2.05) is 0 Å². The highest BCUT2D eigenvalue weighted by atomic mass is 32.2. The van der Waals surface area contributed by atoms with Crippen molar-refractivity contribution in [3.8, 4) is 0 Å². The molecule has 1 rings (SSSR count). The summed E-state index contributed by atoms with van der Waals surface area (Å²) in [5.41, 5.74) is -1.02. The third-order valence-electron chi connectivity index (χ3n) is 3.83. The third-order valence-corrected chi connectivity index (χ3v) is 5.02. The maximum atomic E-state index is 12.1. The maximum Gasteiger partial charge on any atom is 0.330 e. The number of nitrogens with one attached hydrogen (secondary N) is 1. The first-order valence-corrected chi connectivity index (χ1v) is 8.31. The van der Waals surface area contributed by atoms with Crippen LogP contribution in [0, 0.1) is 5.92 Å². The predicted octanol–water partition coefficient (Wildman–Crippen LogP) is 2.67. The number of hydrogen-bond acceptors (Lipinski definition) is 3. The fraction of sp³-hybridized carbons (Fsp3) is 0.857. The van der Waals surface area contributed by atoms with Gasteiger partial charge in [0.25, 0.3) is 0 Å². The van der Waals surface area contributed by atoms with E-state index in [-0.39, 0.29) is 5.91 Å². The minimum absolute atomic E-state index is 0.104. The molecule has 0 aromatic rings. The van der Waals surface area contributed by atoms with Gasteiger partial charge in [0.15, 0.2) is 0 Å². The second kappa shape index (κ2) is 7.78. The third kappa shape index (κ3) is 4.71. The zero-order valence-corrected chi connectivity index (χ0v) is 12.7. The molecule has 0 radical (unpaired) electrons. The number of carboxylic acid groups (broad SMARTS) is 1. The molecule has 0 saturated carbocycles. The second-order valence-corrected chi connectivity index (χ2v) is 6.46. The Morgan fingerprint density at radius 1 is 1.42 bits per heavy atom. The quantitative estimate of drug-likeness (QED) is 0.720. The lowest BCUT2D eigenvalue weighted by Gasteiger charge is -2.25. The molecule has 1 aliphatic rings. The first-order valence-electron chi connectivity index (χ1n) is 7.16. The minimum atomic E-state index is -1.02. The molecule has 1 saturated heterocycles. The number of aliphatic carboxylic acids is 1. The zero-order chi connectivity index (χ0) is 14.3. The van der Waals surface area contributed by atoms with E-state index in [0.717, 1.165) is 31.4 Å². The van der Waals surface area contributed by atoms with Crippen LogP contribution in [0.1, 0.15) is 52.4 Å². The Morgan fingerprint density at radius 2 is 2.16 bits per heavy atom. The molecule has 2 unspecified atom stereocenters. The topological polar surface area (TPSA) is 66.4 Å². The van der Waals surface area contributed by atoms with E-state index in [1.54, 1.807) is 11.8 Å². The van der Waals surface area contributed by atoms with Gasteiger partial charge in [0, 0.05) is 12.2 Å². The van der Waals surface area contributed by atoms with Gasteiger partial charge < -0.3 is 10.4 Å². The van der Waals surface area contributed by atoms with Gasteiger partial charge in [-0.3, -0.25) is 4.79 Å². The summed E-state index contributed by atoms with van der Waals surface area (Å²) in [4.78, 5) is 23.4. The largest absolute Gasteiger partial charge is 0.479 e. The van der Waals surface area contributed by atoms with Crippen LogP contribution in [0.4, 0.5) is 0 Å². The summed E-state index contributed by atoms with van der Waals surface area (Å²) in [6.07, 6.45) is 5.28. The highest BCUT2D eigenvalue weighted by Crippen LogP contribution is 2.29. The average Bonchev–Trinajstić information content (AvgIpc) is 2.84. The maximum absolute atomic E-state index is 12.1. The van der Waals surface area contributed by atoms with Crippen molar-refractivity contribution >= 4 is 23.6 Å². The van der Waals surface area contributed by atoms with Gasteiger partial charge in [-0.25, -0.2) is 4.79 Å². The Kier molecular flexibility index (Phi) is 6.69. The van der Waals surface area contributed by atoms with Crippen molar-refractivity contribution in [2.24, 2.45) is 5.92 Å². The minimum Gasteiger partial charge on any atom is -0.479 e. The second-order valence-electron chi connectivity index (χ2n) is 5.36. The molecule has 0 aromatic heterocycles. The summed E-state index contributed by atoms with van der Waals surface area (Å²) >= 11 is 1.59. The summed E-state index contributed by atoms with van der Waals surface area (Å²) in [6, 6.07) is 0. The Morgan fingerprint density at radius 3 is 2.63 bits per heavy atom. The molecule has 1 amide bonds. The lowest BCUT2D eigenvalue weighted by Crippen LogP contribution is -2.55. The summed E-state index contributed by atoms with van der Waals surface area (Å²) < 4.78 is 0. The van der Waals surface area contributed by atoms with Gasteiger partial charge in [-0.15, -0.1) is 0 Å². The van der Waals surface area contributed by atoms with Crippen LogP contribution >= 0.6 is 11.8 Å². The fourth-order valence-electron chi connectivity index (χ4n) is 2.41. The van der Waals surface area contributed by atoms with Crippen LogP contribution in [0.15, 0.2) is 0 Å². The fourth-order valence-corrected chi connectivity index (χ4v) is 3.73. The molecule has 5 heteroatoms. The van der Waals surface area contributed by atoms with Crippen LogP contribution < -0.4 is 5.32 Å². The molecule has 2 N–H and O–H groups in total. The molecule has 1 heterocycles. The van der Waals surface area contributed by atoms with E-state index >= 15 is 0 Å². The van der Waals surface area contributed by atoms with Gasteiger partial charge in [-0.2, -0.15) is 11.8 Å². The normalized spacial score (nSPS) is 24.1. The zero-order valence-electron chi connectivity index (χ0n) is 11.9. The molecule has 4 nitrogen and oxygen atoms in total. The van der Waals surface area contributed by atoms with Gasteiger partial charge in [-0.1, -0.05) is 33.1 Å². The van der Waals surface area contributed by atoms with Gasteiger partial charge in [0.1, 0.15) is 5.54 Å². The van der Waals surface area contributed by atoms with Crippen molar-refractivity contribution in [3.63, 3.8) is 0 Å². The first kappa shape index (κ1) is 16.3. The number of hydrogen-bond donors (Lipinski definition) is 2. The standard InChI is InChI=1S/C14H25NO3S/c1-3-5-6-11(4-2)9-12(16)15-14(13(17)18)7-8-19-10-14/h11H,3-10H2,1-2H3,(H,15,16)(H,17,18). The Bertz CT molecular complexity index is 314.